The van der Waals surface area contributed by atoms with Gasteiger partial charge in [-0.3, -0.25) is 9.78 Å². The number of carbonyl (C=O) groups excluding carboxylic acids is 1. The molecule has 4 heterocycles. The summed E-state index contributed by atoms with van der Waals surface area (Å²) in [6.45, 7) is 3.00. The van der Waals surface area contributed by atoms with Gasteiger partial charge in [0.2, 0.25) is 5.95 Å². The number of amides is 1. The lowest BCUT2D eigenvalue weighted by Gasteiger charge is -2.35. The minimum absolute atomic E-state index is 0.00252. The third-order valence-corrected chi connectivity index (χ3v) is 4.75. The summed E-state index contributed by atoms with van der Waals surface area (Å²) in [6, 6.07) is 7.63. The van der Waals surface area contributed by atoms with Crippen molar-refractivity contribution >= 4 is 23.4 Å². The molecule has 1 aliphatic heterocycles. The molecular weight excluding hydrogens is 411 g/mol. The molecule has 0 unspecified atom stereocenters. The van der Waals surface area contributed by atoms with Gasteiger partial charge in [0.05, 0.1) is 23.6 Å². The third kappa shape index (κ3) is 4.87. The predicted octanol–water partition coefficient (Wildman–Crippen LogP) is 2.86. The molecule has 1 N–H and O–H groups in total. The van der Waals surface area contributed by atoms with Crippen LogP contribution in [0.1, 0.15) is 16.1 Å². The normalized spacial score (nSPS) is 14.4. The number of hydrogen-bond acceptors (Lipinski definition) is 7. The standard InChI is InChI=1S/C20H18F3N7O/c21-20(22,23)16-5-4-14(11-25-16)18(31)28-15-12-26-19(27-13-15)30-9-7-29(8-10-30)17-3-1-2-6-24-17/h1-6,11-13H,7-10H2,(H,28,31). The minimum Gasteiger partial charge on any atom is -0.353 e. The average molecular weight is 429 g/mol. The van der Waals surface area contributed by atoms with E-state index >= 15 is 0 Å². The highest BCUT2D eigenvalue weighted by Gasteiger charge is 2.32. The monoisotopic (exact) mass is 429 g/mol. The van der Waals surface area contributed by atoms with Crippen LogP contribution in [-0.4, -0.2) is 52.0 Å². The van der Waals surface area contributed by atoms with E-state index in [9.17, 15) is 18.0 Å². The van der Waals surface area contributed by atoms with E-state index in [1.807, 2.05) is 23.1 Å². The molecule has 0 saturated carbocycles. The largest absolute Gasteiger partial charge is 0.433 e. The highest BCUT2D eigenvalue weighted by Crippen LogP contribution is 2.27. The van der Waals surface area contributed by atoms with E-state index in [0.29, 0.717) is 11.6 Å². The Labute approximate surface area is 175 Å². The Balaban J connectivity index is 1.34. The Hall–Kier alpha value is -3.76. The van der Waals surface area contributed by atoms with Crippen molar-refractivity contribution in [2.45, 2.75) is 6.18 Å². The first-order valence-electron chi connectivity index (χ1n) is 9.48. The lowest BCUT2D eigenvalue weighted by Crippen LogP contribution is -2.47. The number of carbonyl (C=O) groups is 1. The summed E-state index contributed by atoms with van der Waals surface area (Å²) >= 11 is 0. The Morgan fingerprint density at radius 1 is 0.871 bits per heavy atom. The second kappa shape index (κ2) is 8.54. The van der Waals surface area contributed by atoms with Crippen LogP contribution in [0.4, 0.5) is 30.6 Å². The van der Waals surface area contributed by atoms with Crippen molar-refractivity contribution in [3.63, 3.8) is 0 Å². The molecule has 160 valence electrons. The zero-order valence-corrected chi connectivity index (χ0v) is 16.3. The number of nitrogens with zero attached hydrogens (tertiary/aromatic N) is 6. The van der Waals surface area contributed by atoms with E-state index in [1.54, 1.807) is 6.20 Å². The van der Waals surface area contributed by atoms with Gasteiger partial charge >= 0.3 is 6.18 Å². The van der Waals surface area contributed by atoms with Crippen LogP contribution in [-0.2, 0) is 6.18 Å². The predicted molar refractivity (Wildman–Crippen MR) is 108 cm³/mol. The maximum Gasteiger partial charge on any atom is 0.433 e. The van der Waals surface area contributed by atoms with Gasteiger partial charge in [0.15, 0.2) is 0 Å². The number of anilines is 3. The number of aromatic nitrogens is 4. The summed E-state index contributed by atoms with van der Waals surface area (Å²) in [5.74, 6) is 0.871. The van der Waals surface area contributed by atoms with Gasteiger partial charge in [0.25, 0.3) is 5.91 Å². The number of nitrogens with one attached hydrogen (secondary N) is 1. The molecule has 3 aromatic rings. The van der Waals surface area contributed by atoms with E-state index in [0.717, 1.165) is 50.3 Å². The van der Waals surface area contributed by atoms with Crippen LogP contribution >= 0.6 is 0 Å². The van der Waals surface area contributed by atoms with Crippen LogP contribution in [0.25, 0.3) is 0 Å². The van der Waals surface area contributed by atoms with Gasteiger partial charge in [-0.1, -0.05) is 6.07 Å². The van der Waals surface area contributed by atoms with Crippen LogP contribution in [0.15, 0.2) is 55.1 Å². The van der Waals surface area contributed by atoms with Gasteiger partial charge in [-0.25, -0.2) is 15.0 Å². The zero-order valence-electron chi connectivity index (χ0n) is 16.3. The average Bonchev–Trinajstić information content (AvgIpc) is 2.80. The van der Waals surface area contributed by atoms with Gasteiger partial charge in [0.1, 0.15) is 11.5 Å². The lowest BCUT2D eigenvalue weighted by atomic mass is 10.2. The quantitative estimate of drug-likeness (QED) is 0.682. The summed E-state index contributed by atoms with van der Waals surface area (Å²) < 4.78 is 37.7. The van der Waals surface area contributed by atoms with Gasteiger partial charge < -0.3 is 15.1 Å². The highest BCUT2D eigenvalue weighted by atomic mass is 19.4. The molecular formula is C20H18F3N7O. The lowest BCUT2D eigenvalue weighted by molar-refractivity contribution is -0.141. The molecule has 1 fully saturated rings. The fraction of sp³-hybridized carbons (Fsp3) is 0.250. The van der Waals surface area contributed by atoms with Crippen LogP contribution in [0.2, 0.25) is 0 Å². The van der Waals surface area contributed by atoms with Crippen molar-refractivity contribution in [2.24, 2.45) is 0 Å². The highest BCUT2D eigenvalue weighted by molar-refractivity contribution is 6.03. The van der Waals surface area contributed by atoms with E-state index in [2.05, 4.69) is 30.2 Å². The molecule has 1 amide bonds. The number of rotatable bonds is 4. The molecule has 1 saturated heterocycles. The molecule has 0 aromatic carbocycles. The van der Waals surface area contributed by atoms with Crippen LogP contribution in [0.3, 0.4) is 0 Å². The number of piperazine rings is 1. The van der Waals surface area contributed by atoms with Crippen molar-refractivity contribution in [1.82, 2.24) is 19.9 Å². The fourth-order valence-electron chi connectivity index (χ4n) is 3.12. The molecule has 1 aliphatic rings. The minimum atomic E-state index is -4.55. The topological polar surface area (TPSA) is 87.1 Å². The maximum absolute atomic E-state index is 12.6. The Bertz CT molecular complexity index is 1020. The van der Waals surface area contributed by atoms with E-state index in [1.165, 1.54) is 12.4 Å². The van der Waals surface area contributed by atoms with E-state index in [-0.39, 0.29) is 5.56 Å². The summed E-state index contributed by atoms with van der Waals surface area (Å²) in [5.41, 5.74) is -0.719. The molecule has 0 spiro atoms. The van der Waals surface area contributed by atoms with Gasteiger partial charge in [-0.05, 0) is 24.3 Å². The molecule has 11 heteroatoms. The van der Waals surface area contributed by atoms with Gasteiger partial charge in [0, 0.05) is 38.6 Å². The molecule has 0 radical (unpaired) electrons. The Kier molecular flexibility index (Phi) is 5.65. The first kappa shape index (κ1) is 20.5. The summed E-state index contributed by atoms with van der Waals surface area (Å²) in [7, 11) is 0. The SMILES string of the molecule is O=C(Nc1cnc(N2CCN(c3ccccn3)CC2)nc1)c1ccc(C(F)(F)F)nc1. The molecule has 8 nitrogen and oxygen atoms in total. The first-order chi connectivity index (χ1) is 14.9. The molecule has 31 heavy (non-hydrogen) atoms. The molecule has 0 atom stereocenters. The molecule has 3 aromatic heterocycles. The molecule has 0 aliphatic carbocycles. The third-order valence-electron chi connectivity index (χ3n) is 4.75. The van der Waals surface area contributed by atoms with Gasteiger partial charge in [-0.15, -0.1) is 0 Å². The van der Waals surface area contributed by atoms with Gasteiger partial charge in [-0.2, -0.15) is 13.2 Å². The number of alkyl halides is 3. The first-order valence-corrected chi connectivity index (χ1v) is 9.48. The van der Waals surface area contributed by atoms with Crippen LogP contribution < -0.4 is 15.1 Å². The molecule has 4 rings (SSSR count). The van der Waals surface area contributed by atoms with Crippen molar-refractivity contribution < 1.29 is 18.0 Å². The van der Waals surface area contributed by atoms with Crippen molar-refractivity contribution in [1.29, 1.82) is 0 Å². The fourth-order valence-corrected chi connectivity index (χ4v) is 3.12. The number of halogens is 3. The zero-order chi connectivity index (χ0) is 21.8. The van der Waals surface area contributed by atoms with Crippen LogP contribution in [0, 0.1) is 0 Å². The maximum atomic E-state index is 12.6. The Morgan fingerprint density at radius 2 is 1.58 bits per heavy atom. The molecule has 0 bridgehead atoms. The van der Waals surface area contributed by atoms with E-state index in [4.69, 9.17) is 0 Å². The summed E-state index contributed by atoms with van der Waals surface area (Å²) in [5, 5.41) is 2.55. The second-order valence-electron chi connectivity index (χ2n) is 6.82. The summed E-state index contributed by atoms with van der Waals surface area (Å²) in [6.07, 6.45) is 1.01. The van der Waals surface area contributed by atoms with Crippen molar-refractivity contribution in [3.8, 4) is 0 Å². The van der Waals surface area contributed by atoms with E-state index < -0.39 is 17.8 Å². The number of pyridine rings is 2. The van der Waals surface area contributed by atoms with Crippen molar-refractivity contribution in [3.05, 3.63) is 66.4 Å². The second-order valence-corrected chi connectivity index (χ2v) is 6.82. The van der Waals surface area contributed by atoms with Crippen molar-refractivity contribution in [2.75, 3.05) is 41.3 Å². The number of hydrogen-bond donors (Lipinski definition) is 1. The Morgan fingerprint density at radius 3 is 2.16 bits per heavy atom. The smallest absolute Gasteiger partial charge is 0.353 e. The summed E-state index contributed by atoms with van der Waals surface area (Å²) in [4.78, 5) is 32.7. The van der Waals surface area contributed by atoms with Crippen LogP contribution in [0.5, 0.6) is 0 Å².